The van der Waals surface area contributed by atoms with Crippen LogP contribution in [-0.2, 0) is 14.3 Å². The first-order chi connectivity index (χ1) is 23.8. The van der Waals surface area contributed by atoms with Gasteiger partial charge in [-0.2, -0.15) is 0 Å². The number of rotatable bonds is 12. The van der Waals surface area contributed by atoms with Gasteiger partial charge in [-0.3, -0.25) is 19.5 Å². The number of benzene rings is 3. The fourth-order valence-electron chi connectivity index (χ4n) is 6.99. The number of imide groups is 1. The van der Waals surface area contributed by atoms with Gasteiger partial charge in [-0.05, 0) is 108 Å². The van der Waals surface area contributed by atoms with Gasteiger partial charge in [0.15, 0.2) is 11.6 Å². The number of amides is 2. The van der Waals surface area contributed by atoms with Crippen molar-refractivity contribution < 1.29 is 34.0 Å². The van der Waals surface area contributed by atoms with Crippen molar-refractivity contribution in [1.29, 1.82) is 0 Å². The summed E-state index contributed by atoms with van der Waals surface area (Å²) in [7, 11) is 1.52. The molecule has 9 nitrogen and oxygen atoms in total. The van der Waals surface area contributed by atoms with E-state index in [1.807, 2.05) is 42.5 Å². The number of fused-ring (bicyclic) bond motifs is 1. The summed E-state index contributed by atoms with van der Waals surface area (Å²) >= 11 is 0. The van der Waals surface area contributed by atoms with Crippen LogP contribution in [0.2, 0.25) is 0 Å². The first-order valence-corrected chi connectivity index (χ1v) is 16.2. The van der Waals surface area contributed by atoms with Crippen LogP contribution in [0.5, 0.6) is 5.75 Å². The molecule has 49 heavy (non-hydrogen) atoms. The predicted molar refractivity (Wildman–Crippen MR) is 185 cm³/mol. The van der Waals surface area contributed by atoms with E-state index < -0.39 is 47.9 Å². The van der Waals surface area contributed by atoms with Crippen molar-refractivity contribution in [2.24, 2.45) is 17.8 Å². The number of aromatic nitrogens is 1. The number of allylic oxidation sites excluding steroid dienone is 1. The lowest BCUT2D eigenvalue weighted by Crippen LogP contribution is -2.39. The molecule has 4 atom stereocenters. The lowest BCUT2D eigenvalue weighted by molar-refractivity contribution is -0.123. The van der Waals surface area contributed by atoms with E-state index in [1.165, 1.54) is 24.1 Å². The van der Waals surface area contributed by atoms with Gasteiger partial charge in [-0.15, -0.1) is 0 Å². The highest BCUT2D eigenvalue weighted by Gasteiger charge is 2.55. The standard InChI is InChI=1S/C39H38FN3O6/c1-49-23-26-21-30-37(39(48)43(38(30)47)29-14-12-28(13-15-29)42-27-7-3-2-4-8-27)31(22-44)36(26)35(46)17-11-25(33-9-5-6-18-41-33)19-24-10-16-34(45)32(40)20-24/h2-10,12-16,18-20,30-31,35,37,42,44-46H,11,17,21-23H2,1H3/b25-19-/t30-,31+,35-,37-/m1/s1. The highest BCUT2D eigenvalue weighted by Crippen LogP contribution is 2.47. The Bertz CT molecular complexity index is 1860. The summed E-state index contributed by atoms with van der Waals surface area (Å²) in [6, 6.07) is 26.2. The number of carbonyl (C=O) groups excluding carboxylic acids is 2. The Kier molecular flexibility index (Phi) is 10.3. The SMILES string of the molecule is COCC1=C([C@H](O)CC/C(=C/c2ccc(O)c(F)c2)c2ccccn2)[C@H](CO)[C@@H]2C(=O)N(c3ccc(Nc4ccccc4)cc3)C(=O)[C@@H]2C1. The van der Waals surface area contributed by atoms with Gasteiger partial charge in [0.1, 0.15) is 0 Å². The fraction of sp³-hybridized carbons (Fsp3) is 0.256. The van der Waals surface area contributed by atoms with Crippen molar-refractivity contribution in [1.82, 2.24) is 4.98 Å². The molecule has 1 aliphatic heterocycles. The Labute approximate surface area is 284 Å². The number of nitrogens with zero attached hydrogens (tertiary/aromatic N) is 2. The van der Waals surface area contributed by atoms with Crippen molar-refractivity contribution in [3.8, 4) is 5.75 Å². The van der Waals surface area contributed by atoms with Crippen LogP contribution < -0.4 is 10.2 Å². The average Bonchev–Trinajstić information content (AvgIpc) is 3.37. The van der Waals surface area contributed by atoms with Gasteiger partial charge >= 0.3 is 0 Å². The molecule has 1 saturated heterocycles. The molecule has 1 fully saturated rings. The van der Waals surface area contributed by atoms with Gasteiger partial charge in [0.2, 0.25) is 11.8 Å². The predicted octanol–water partition coefficient (Wildman–Crippen LogP) is 6.11. The molecule has 0 unspecified atom stereocenters. The van der Waals surface area contributed by atoms with Crippen LogP contribution in [0.15, 0.2) is 108 Å². The van der Waals surface area contributed by atoms with Gasteiger partial charge in [0, 0.05) is 30.6 Å². The smallest absolute Gasteiger partial charge is 0.238 e. The summed E-state index contributed by atoms with van der Waals surface area (Å²) in [5.41, 5.74) is 5.19. The van der Waals surface area contributed by atoms with Crippen LogP contribution in [0.1, 0.15) is 30.5 Å². The number of aliphatic hydroxyl groups is 2. The second-order valence-corrected chi connectivity index (χ2v) is 12.3. The number of hydrogen-bond acceptors (Lipinski definition) is 8. The zero-order chi connectivity index (χ0) is 34.5. The van der Waals surface area contributed by atoms with Crippen LogP contribution in [-0.4, -0.2) is 58.5 Å². The molecule has 4 aromatic rings. The minimum absolute atomic E-state index is 0.128. The molecule has 1 aromatic heterocycles. The Morgan fingerprint density at radius 2 is 1.76 bits per heavy atom. The van der Waals surface area contributed by atoms with Crippen molar-refractivity contribution in [3.05, 3.63) is 125 Å². The van der Waals surface area contributed by atoms with Gasteiger partial charge in [0.05, 0.1) is 42.5 Å². The topological polar surface area (TPSA) is 132 Å². The number of phenols is 1. The number of pyridine rings is 1. The number of para-hydroxylation sites is 1. The number of carbonyl (C=O) groups is 2. The minimum atomic E-state index is -1.08. The molecule has 2 aliphatic rings. The summed E-state index contributed by atoms with van der Waals surface area (Å²) in [4.78, 5) is 33.5. The first kappa shape index (κ1) is 33.7. The Hall–Kier alpha value is -5.16. The van der Waals surface area contributed by atoms with E-state index in [1.54, 1.807) is 48.7 Å². The third-order valence-electron chi connectivity index (χ3n) is 9.24. The zero-order valence-corrected chi connectivity index (χ0v) is 27.0. The first-order valence-electron chi connectivity index (χ1n) is 16.2. The van der Waals surface area contributed by atoms with E-state index in [0.29, 0.717) is 34.5 Å². The lowest BCUT2D eigenvalue weighted by Gasteiger charge is -2.36. The molecule has 2 heterocycles. The maximum atomic E-state index is 14.2. The van der Waals surface area contributed by atoms with E-state index in [2.05, 4.69) is 10.3 Å². The summed E-state index contributed by atoms with van der Waals surface area (Å²) in [6.07, 6.45) is 3.04. The van der Waals surface area contributed by atoms with Gasteiger partial charge < -0.3 is 25.4 Å². The Morgan fingerprint density at radius 3 is 2.43 bits per heavy atom. The zero-order valence-electron chi connectivity index (χ0n) is 27.0. The minimum Gasteiger partial charge on any atom is -0.505 e. The van der Waals surface area contributed by atoms with Crippen molar-refractivity contribution in [2.75, 3.05) is 30.5 Å². The molecule has 4 N–H and O–H groups in total. The highest BCUT2D eigenvalue weighted by molar-refractivity contribution is 6.22. The lowest BCUT2D eigenvalue weighted by atomic mass is 9.68. The third kappa shape index (κ3) is 7.17. The Balaban J connectivity index is 1.25. The van der Waals surface area contributed by atoms with Gasteiger partial charge in [-0.1, -0.05) is 30.3 Å². The number of halogens is 1. The number of aromatic hydroxyl groups is 1. The molecule has 6 rings (SSSR count). The number of hydrogen-bond donors (Lipinski definition) is 4. The van der Waals surface area contributed by atoms with E-state index in [4.69, 9.17) is 4.74 Å². The number of nitrogens with one attached hydrogen (secondary N) is 1. The fourth-order valence-corrected chi connectivity index (χ4v) is 6.99. The monoisotopic (exact) mass is 663 g/mol. The number of anilines is 3. The molecule has 252 valence electrons. The number of ether oxygens (including phenoxy) is 1. The molecule has 2 amide bonds. The average molecular weight is 664 g/mol. The molecule has 0 bridgehead atoms. The maximum absolute atomic E-state index is 14.2. The molecule has 3 aromatic carbocycles. The number of methoxy groups -OCH3 is 1. The Morgan fingerprint density at radius 1 is 1.02 bits per heavy atom. The quantitative estimate of drug-likeness (QED) is 0.105. The summed E-state index contributed by atoms with van der Waals surface area (Å²) in [5, 5.41) is 35.4. The molecule has 0 radical (unpaired) electrons. The molecule has 10 heteroatoms. The van der Waals surface area contributed by atoms with E-state index in [0.717, 1.165) is 16.9 Å². The van der Waals surface area contributed by atoms with Crippen molar-refractivity contribution in [3.63, 3.8) is 0 Å². The second-order valence-electron chi connectivity index (χ2n) is 12.3. The van der Waals surface area contributed by atoms with Crippen LogP contribution in [0.3, 0.4) is 0 Å². The summed E-state index contributed by atoms with van der Waals surface area (Å²) < 4.78 is 19.6. The van der Waals surface area contributed by atoms with Gasteiger partial charge in [-0.25, -0.2) is 4.39 Å². The van der Waals surface area contributed by atoms with E-state index >= 15 is 0 Å². The molecular formula is C39H38FN3O6. The highest BCUT2D eigenvalue weighted by atomic mass is 19.1. The molecule has 0 spiro atoms. The van der Waals surface area contributed by atoms with Crippen molar-refractivity contribution in [2.45, 2.75) is 25.4 Å². The summed E-state index contributed by atoms with van der Waals surface area (Å²) in [5.74, 6) is -4.32. The van der Waals surface area contributed by atoms with Gasteiger partial charge in [0.25, 0.3) is 0 Å². The second kappa shape index (κ2) is 14.9. The number of aliphatic hydroxyl groups excluding tert-OH is 2. The van der Waals surface area contributed by atoms with Crippen LogP contribution in [0, 0.1) is 23.6 Å². The van der Waals surface area contributed by atoms with Crippen LogP contribution >= 0.6 is 0 Å². The summed E-state index contributed by atoms with van der Waals surface area (Å²) in [6.45, 7) is -0.313. The largest absolute Gasteiger partial charge is 0.505 e. The normalized spacial score (nSPS) is 20.0. The van der Waals surface area contributed by atoms with E-state index in [9.17, 15) is 29.3 Å². The molecule has 1 aliphatic carbocycles. The molecule has 0 saturated carbocycles. The third-order valence-corrected chi connectivity index (χ3v) is 9.24. The van der Waals surface area contributed by atoms with Crippen LogP contribution in [0.4, 0.5) is 21.5 Å². The molecular weight excluding hydrogens is 625 g/mol. The maximum Gasteiger partial charge on any atom is 0.238 e. The number of phenolic OH excluding ortho intramolecular Hbond substituents is 1. The van der Waals surface area contributed by atoms with E-state index in [-0.39, 0.29) is 25.4 Å². The van der Waals surface area contributed by atoms with Crippen LogP contribution in [0.25, 0.3) is 11.6 Å². The van der Waals surface area contributed by atoms with Crippen molar-refractivity contribution >= 4 is 40.5 Å².